The lowest BCUT2D eigenvalue weighted by atomic mass is 10.1. The zero-order valence-corrected chi connectivity index (χ0v) is 14.2. The van der Waals surface area contributed by atoms with Crippen LogP contribution in [0.25, 0.3) is 17.2 Å². The molecule has 0 fully saturated rings. The quantitative estimate of drug-likeness (QED) is 0.789. The second-order valence-corrected chi connectivity index (χ2v) is 5.92. The number of aryl methyl sites for hydroxylation is 3. The Balaban J connectivity index is 2.26. The Bertz CT molecular complexity index is 902. The number of carbonyl (C=O) groups is 1. The summed E-state index contributed by atoms with van der Waals surface area (Å²) in [6, 6.07) is 6.02. The van der Waals surface area contributed by atoms with Crippen LogP contribution in [0.1, 0.15) is 22.6 Å². The van der Waals surface area contributed by atoms with E-state index in [0.29, 0.717) is 11.6 Å². The molecule has 124 valence electrons. The van der Waals surface area contributed by atoms with Gasteiger partial charge in [0.2, 0.25) is 5.91 Å². The maximum atomic E-state index is 11.3. The Kier molecular flexibility index (Phi) is 3.92. The normalized spacial score (nSPS) is 11.0. The van der Waals surface area contributed by atoms with Crippen LogP contribution in [0.5, 0.6) is 0 Å². The molecule has 0 unspecified atom stereocenters. The van der Waals surface area contributed by atoms with Gasteiger partial charge in [-0.05, 0) is 38.0 Å². The predicted octanol–water partition coefficient (Wildman–Crippen LogP) is 1.62. The van der Waals surface area contributed by atoms with Crippen molar-refractivity contribution in [2.45, 2.75) is 27.2 Å². The van der Waals surface area contributed by atoms with Crippen LogP contribution in [0.2, 0.25) is 0 Å². The molecule has 1 aromatic carbocycles. The summed E-state index contributed by atoms with van der Waals surface area (Å²) >= 11 is 0. The molecule has 2 N–H and O–H groups in total. The first-order chi connectivity index (χ1) is 11.4. The number of imidazole rings is 1. The zero-order chi connectivity index (χ0) is 17.4. The van der Waals surface area contributed by atoms with Crippen molar-refractivity contribution in [1.29, 1.82) is 0 Å². The van der Waals surface area contributed by atoms with Crippen LogP contribution in [0.3, 0.4) is 0 Å². The lowest BCUT2D eigenvalue weighted by Crippen LogP contribution is -2.14. The highest BCUT2D eigenvalue weighted by molar-refractivity contribution is 5.76. The Morgan fingerprint density at radius 3 is 2.62 bits per heavy atom. The van der Waals surface area contributed by atoms with Crippen molar-refractivity contribution in [2.24, 2.45) is 12.8 Å². The molecule has 1 amide bonds. The van der Waals surface area contributed by atoms with Gasteiger partial charge in [0.1, 0.15) is 5.69 Å². The van der Waals surface area contributed by atoms with Crippen molar-refractivity contribution in [3.8, 4) is 17.2 Å². The standard InChI is InChI=1S/C17H20N6O/c1-10-6-5-7-13(11(10)2)23-17(16-12(3)19-9-22(16)4)20-15(21-23)8-14(18)24/h5-7,9H,8H2,1-4H3,(H2,18,24). The number of aromatic nitrogens is 5. The topological polar surface area (TPSA) is 91.6 Å². The van der Waals surface area contributed by atoms with E-state index < -0.39 is 5.91 Å². The maximum Gasteiger partial charge on any atom is 0.225 e. The third kappa shape index (κ3) is 2.68. The van der Waals surface area contributed by atoms with Gasteiger partial charge in [0.15, 0.2) is 11.6 Å². The van der Waals surface area contributed by atoms with Gasteiger partial charge < -0.3 is 10.3 Å². The Morgan fingerprint density at radius 1 is 1.25 bits per heavy atom. The molecule has 0 aliphatic carbocycles. The van der Waals surface area contributed by atoms with E-state index in [2.05, 4.69) is 28.1 Å². The molecule has 0 saturated heterocycles. The lowest BCUT2D eigenvalue weighted by Gasteiger charge is -2.11. The van der Waals surface area contributed by atoms with Crippen molar-refractivity contribution < 1.29 is 4.79 Å². The SMILES string of the molecule is Cc1cccc(-n2nc(CC(N)=O)nc2-c2c(C)ncn2C)c1C. The summed E-state index contributed by atoms with van der Waals surface area (Å²) in [5.74, 6) is 0.595. The third-order valence-electron chi connectivity index (χ3n) is 4.12. The third-order valence-corrected chi connectivity index (χ3v) is 4.12. The van der Waals surface area contributed by atoms with Crippen LogP contribution in [-0.4, -0.2) is 30.2 Å². The molecular weight excluding hydrogens is 304 g/mol. The van der Waals surface area contributed by atoms with Gasteiger partial charge in [-0.25, -0.2) is 14.6 Å². The van der Waals surface area contributed by atoms with Crippen molar-refractivity contribution >= 4 is 5.91 Å². The van der Waals surface area contributed by atoms with Crippen molar-refractivity contribution in [2.75, 3.05) is 0 Å². The molecule has 3 aromatic rings. The number of nitrogens with two attached hydrogens (primary N) is 1. The largest absolute Gasteiger partial charge is 0.369 e. The molecule has 7 nitrogen and oxygen atoms in total. The van der Waals surface area contributed by atoms with Crippen LogP contribution < -0.4 is 5.73 Å². The van der Waals surface area contributed by atoms with Crippen LogP contribution in [0.4, 0.5) is 0 Å². The minimum absolute atomic E-state index is 0.00175. The van der Waals surface area contributed by atoms with Crippen LogP contribution in [-0.2, 0) is 18.3 Å². The number of hydrogen-bond acceptors (Lipinski definition) is 4. The van der Waals surface area contributed by atoms with Crippen LogP contribution >= 0.6 is 0 Å². The van der Waals surface area contributed by atoms with Crippen LogP contribution in [0.15, 0.2) is 24.5 Å². The Labute approximate surface area is 140 Å². The summed E-state index contributed by atoms with van der Waals surface area (Å²) in [7, 11) is 1.91. The van der Waals surface area contributed by atoms with Crippen molar-refractivity contribution in [1.82, 2.24) is 24.3 Å². The lowest BCUT2D eigenvalue weighted by molar-refractivity contribution is -0.117. The maximum absolute atomic E-state index is 11.3. The number of primary amides is 1. The van der Waals surface area contributed by atoms with E-state index in [1.807, 2.05) is 37.6 Å². The number of hydrogen-bond donors (Lipinski definition) is 1. The fourth-order valence-corrected chi connectivity index (χ4v) is 2.74. The van der Waals surface area contributed by atoms with E-state index in [9.17, 15) is 4.79 Å². The van der Waals surface area contributed by atoms with Gasteiger partial charge in [-0.3, -0.25) is 4.79 Å². The van der Waals surface area contributed by atoms with Gasteiger partial charge in [-0.15, -0.1) is 0 Å². The van der Waals surface area contributed by atoms with E-state index in [4.69, 9.17) is 5.73 Å². The summed E-state index contributed by atoms with van der Waals surface area (Å²) < 4.78 is 3.67. The van der Waals surface area contributed by atoms with Gasteiger partial charge in [0.25, 0.3) is 0 Å². The first kappa shape index (κ1) is 15.9. The number of carbonyl (C=O) groups excluding carboxylic acids is 1. The number of benzene rings is 1. The Hall–Kier alpha value is -2.96. The van der Waals surface area contributed by atoms with Gasteiger partial charge in [0, 0.05) is 7.05 Å². The first-order valence-electron chi connectivity index (χ1n) is 7.67. The molecule has 0 saturated carbocycles. The molecule has 0 bridgehead atoms. The van der Waals surface area contributed by atoms with Gasteiger partial charge in [-0.2, -0.15) is 5.10 Å². The summed E-state index contributed by atoms with van der Waals surface area (Å²) in [4.78, 5) is 20.2. The molecule has 0 spiro atoms. The minimum atomic E-state index is -0.457. The second-order valence-electron chi connectivity index (χ2n) is 5.92. The molecule has 0 aliphatic heterocycles. The first-order valence-corrected chi connectivity index (χ1v) is 7.67. The zero-order valence-electron chi connectivity index (χ0n) is 14.2. The van der Waals surface area contributed by atoms with Gasteiger partial charge in [0.05, 0.1) is 24.1 Å². The molecule has 2 aromatic heterocycles. The Morgan fingerprint density at radius 2 is 2.00 bits per heavy atom. The molecule has 0 radical (unpaired) electrons. The minimum Gasteiger partial charge on any atom is -0.369 e. The molecule has 3 rings (SSSR count). The van der Waals surface area contributed by atoms with Crippen molar-refractivity contribution in [3.63, 3.8) is 0 Å². The van der Waals surface area contributed by atoms with Gasteiger partial charge in [-0.1, -0.05) is 12.1 Å². The number of rotatable bonds is 4. The predicted molar refractivity (Wildman–Crippen MR) is 90.7 cm³/mol. The van der Waals surface area contributed by atoms with E-state index in [0.717, 1.165) is 28.2 Å². The van der Waals surface area contributed by atoms with E-state index >= 15 is 0 Å². The fraction of sp³-hybridized carbons (Fsp3) is 0.294. The average molecular weight is 324 g/mol. The van der Waals surface area contributed by atoms with Gasteiger partial charge >= 0.3 is 0 Å². The molecular formula is C17H20N6O. The number of amides is 1. The summed E-state index contributed by atoms with van der Waals surface area (Å²) in [6.45, 7) is 6.01. The fourth-order valence-electron chi connectivity index (χ4n) is 2.74. The van der Waals surface area contributed by atoms with E-state index in [-0.39, 0.29) is 6.42 Å². The molecule has 2 heterocycles. The monoisotopic (exact) mass is 324 g/mol. The van der Waals surface area contributed by atoms with E-state index in [1.54, 1.807) is 11.0 Å². The summed E-state index contributed by atoms with van der Waals surface area (Å²) in [5.41, 5.74) is 10.2. The highest BCUT2D eigenvalue weighted by atomic mass is 16.1. The smallest absolute Gasteiger partial charge is 0.225 e. The summed E-state index contributed by atoms with van der Waals surface area (Å²) in [5, 5.41) is 4.52. The van der Waals surface area contributed by atoms with Crippen LogP contribution in [0, 0.1) is 20.8 Å². The molecule has 24 heavy (non-hydrogen) atoms. The second kappa shape index (κ2) is 5.92. The molecule has 0 aliphatic rings. The highest BCUT2D eigenvalue weighted by Crippen LogP contribution is 2.26. The average Bonchev–Trinajstić information content (AvgIpc) is 3.04. The molecule has 7 heteroatoms. The molecule has 0 atom stereocenters. The van der Waals surface area contributed by atoms with Crippen molar-refractivity contribution in [3.05, 3.63) is 47.2 Å². The number of nitrogens with zero attached hydrogens (tertiary/aromatic N) is 5. The summed E-state index contributed by atoms with van der Waals surface area (Å²) in [6.07, 6.45) is 1.74. The highest BCUT2D eigenvalue weighted by Gasteiger charge is 2.20. The van der Waals surface area contributed by atoms with E-state index in [1.165, 1.54) is 0 Å².